The molecule has 0 N–H and O–H groups in total. The van der Waals surface area contributed by atoms with Crippen molar-refractivity contribution in [1.29, 1.82) is 0 Å². The first-order valence-electron chi connectivity index (χ1n) is 9.02. The van der Waals surface area contributed by atoms with Crippen molar-refractivity contribution in [3.05, 3.63) is 65.0 Å². The fraction of sp³-hybridized carbons (Fsp3) is 0.250. The van der Waals surface area contributed by atoms with E-state index < -0.39 is 12.1 Å². The Morgan fingerprint density at radius 2 is 2.00 bits per heavy atom. The van der Waals surface area contributed by atoms with Crippen molar-refractivity contribution in [2.24, 2.45) is 0 Å². The molecule has 1 amide bonds. The van der Waals surface area contributed by atoms with Crippen molar-refractivity contribution in [3.63, 3.8) is 0 Å². The Kier molecular flexibility index (Phi) is 5.38. The Bertz CT molecular complexity index is 1070. The summed E-state index contributed by atoms with van der Waals surface area (Å²) in [5, 5.41) is 3.86. The van der Waals surface area contributed by atoms with Gasteiger partial charge in [0.25, 0.3) is 5.91 Å². The summed E-state index contributed by atoms with van der Waals surface area (Å²) < 4.78 is 48.1. The van der Waals surface area contributed by atoms with Gasteiger partial charge < -0.3 is 14.2 Å². The van der Waals surface area contributed by atoms with Crippen LogP contribution in [0.3, 0.4) is 0 Å². The highest BCUT2D eigenvalue weighted by atomic mass is 35.5. The molecule has 0 unspecified atom stereocenters. The summed E-state index contributed by atoms with van der Waals surface area (Å²) in [5.41, 5.74) is 0.833. The lowest BCUT2D eigenvalue weighted by Gasteiger charge is -2.17. The van der Waals surface area contributed by atoms with Gasteiger partial charge in [0.2, 0.25) is 5.82 Å². The number of hydrogen-bond acceptors (Lipinski definition) is 5. The lowest BCUT2D eigenvalue weighted by molar-refractivity contribution is -0.159. The summed E-state index contributed by atoms with van der Waals surface area (Å²) in [6.07, 6.45) is -4.33. The summed E-state index contributed by atoms with van der Waals surface area (Å²) in [6, 6.07) is 13.1. The van der Waals surface area contributed by atoms with Gasteiger partial charge in [0.05, 0.1) is 6.54 Å². The molecule has 30 heavy (non-hydrogen) atoms. The third-order valence-corrected chi connectivity index (χ3v) is 4.80. The van der Waals surface area contributed by atoms with E-state index in [9.17, 15) is 18.0 Å². The Morgan fingerprint density at radius 3 is 2.73 bits per heavy atom. The van der Waals surface area contributed by atoms with Gasteiger partial charge in [-0.05, 0) is 30.3 Å². The largest absolute Gasteiger partial charge is 0.488 e. The van der Waals surface area contributed by atoms with Gasteiger partial charge in [-0.15, -0.1) is 0 Å². The minimum atomic E-state index is -4.71. The highest BCUT2D eigenvalue weighted by molar-refractivity contribution is 6.30. The number of hydrogen-bond donors (Lipinski definition) is 0. The van der Waals surface area contributed by atoms with Crippen molar-refractivity contribution >= 4 is 17.5 Å². The summed E-state index contributed by atoms with van der Waals surface area (Å²) >= 11 is 5.95. The van der Waals surface area contributed by atoms with Gasteiger partial charge in [-0.3, -0.25) is 4.79 Å². The SMILES string of the molecule is O=C(c1cccc(Cl)c1)N1CC[C@H](Oc2cccc(-c3noc(C(F)(F)F)n3)c2)C1. The average molecular weight is 438 g/mol. The number of nitrogens with zero attached hydrogens (tertiary/aromatic N) is 3. The number of rotatable bonds is 4. The molecule has 0 spiro atoms. The molecule has 0 aliphatic carbocycles. The van der Waals surface area contributed by atoms with Gasteiger partial charge >= 0.3 is 12.1 Å². The van der Waals surface area contributed by atoms with E-state index in [0.29, 0.717) is 41.4 Å². The number of aromatic nitrogens is 2. The second-order valence-electron chi connectivity index (χ2n) is 6.74. The molecule has 1 aromatic heterocycles. The Labute approximate surface area is 174 Å². The molecule has 156 valence electrons. The number of carbonyl (C=O) groups is 1. The van der Waals surface area contributed by atoms with Gasteiger partial charge in [0.1, 0.15) is 11.9 Å². The van der Waals surface area contributed by atoms with Crippen molar-refractivity contribution in [2.45, 2.75) is 18.7 Å². The molecule has 1 fully saturated rings. The van der Waals surface area contributed by atoms with Crippen LogP contribution in [0, 0.1) is 0 Å². The molecule has 6 nitrogen and oxygen atoms in total. The molecule has 1 atom stereocenters. The molecule has 3 aromatic rings. The molecule has 0 bridgehead atoms. The second-order valence-corrected chi connectivity index (χ2v) is 7.18. The molecule has 1 aliphatic heterocycles. The van der Waals surface area contributed by atoms with E-state index in [-0.39, 0.29) is 17.8 Å². The Hall–Kier alpha value is -3.07. The van der Waals surface area contributed by atoms with Crippen LogP contribution < -0.4 is 4.74 Å². The lowest BCUT2D eigenvalue weighted by Crippen LogP contribution is -2.30. The Morgan fingerprint density at radius 1 is 1.20 bits per heavy atom. The van der Waals surface area contributed by atoms with Crippen molar-refractivity contribution in [2.75, 3.05) is 13.1 Å². The first kappa shape index (κ1) is 20.2. The fourth-order valence-electron chi connectivity index (χ4n) is 3.17. The van der Waals surface area contributed by atoms with Crippen molar-refractivity contribution in [1.82, 2.24) is 15.0 Å². The van der Waals surface area contributed by atoms with E-state index in [1.54, 1.807) is 47.4 Å². The molecular weight excluding hydrogens is 423 g/mol. The standard InChI is InChI=1S/C20H15ClF3N3O3/c21-14-5-1-4-13(9-14)18(28)27-8-7-16(11-27)29-15-6-2-3-12(10-15)17-25-19(30-26-17)20(22,23)24/h1-6,9-10,16H,7-8,11H2/t16-/m0/s1. The minimum absolute atomic E-state index is 0.135. The predicted molar refractivity (Wildman–Crippen MR) is 101 cm³/mol. The van der Waals surface area contributed by atoms with E-state index >= 15 is 0 Å². The molecule has 10 heteroatoms. The van der Waals surface area contributed by atoms with Crippen LogP contribution in [-0.2, 0) is 6.18 Å². The summed E-state index contributed by atoms with van der Waals surface area (Å²) in [5.74, 6) is -1.29. The quantitative estimate of drug-likeness (QED) is 0.591. The molecule has 2 aromatic carbocycles. The Balaban J connectivity index is 1.42. The monoisotopic (exact) mass is 437 g/mol. The number of alkyl halides is 3. The van der Waals surface area contributed by atoms with Crippen LogP contribution in [0.1, 0.15) is 22.7 Å². The van der Waals surface area contributed by atoms with E-state index in [0.717, 1.165) is 0 Å². The smallest absolute Gasteiger partial charge is 0.471 e. The molecule has 1 aliphatic rings. The summed E-state index contributed by atoms with van der Waals surface area (Å²) in [4.78, 5) is 17.7. The average Bonchev–Trinajstić information content (AvgIpc) is 3.37. The highest BCUT2D eigenvalue weighted by Gasteiger charge is 2.38. The lowest BCUT2D eigenvalue weighted by atomic mass is 10.2. The summed E-state index contributed by atoms with van der Waals surface area (Å²) in [7, 11) is 0. The zero-order valence-electron chi connectivity index (χ0n) is 15.4. The fourth-order valence-corrected chi connectivity index (χ4v) is 3.36. The maximum Gasteiger partial charge on any atom is 0.471 e. The van der Waals surface area contributed by atoms with Crippen molar-refractivity contribution in [3.8, 4) is 17.1 Å². The molecule has 2 heterocycles. The van der Waals surface area contributed by atoms with E-state index in [1.165, 1.54) is 6.07 Å². The van der Waals surface area contributed by atoms with Crippen molar-refractivity contribution < 1.29 is 27.2 Å². The molecular formula is C20H15ClF3N3O3. The zero-order valence-corrected chi connectivity index (χ0v) is 16.2. The first-order valence-corrected chi connectivity index (χ1v) is 9.40. The molecule has 4 rings (SSSR count). The molecule has 0 saturated carbocycles. The summed E-state index contributed by atoms with van der Waals surface area (Å²) in [6.45, 7) is 0.908. The van der Waals surface area contributed by atoms with Gasteiger partial charge in [-0.25, -0.2) is 0 Å². The number of halogens is 4. The maximum absolute atomic E-state index is 12.7. The highest BCUT2D eigenvalue weighted by Crippen LogP contribution is 2.30. The van der Waals surface area contributed by atoms with Crippen LogP contribution in [0.4, 0.5) is 13.2 Å². The zero-order chi connectivity index (χ0) is 21.3. The minimum Gasteiger partial charge on any atom is -0.488 e. The second kappa shape index (κ2) is 7.98. The first-order chi connectivity index (χ1) is 14.3. The van der Waals surface area contributed by atoms with E-state index in [2.05, 4.69) is 14.7 Å². The van der Waals surface area contributed by atoms with Crippen LogP contribution in [0.2, 0.25) is 5.02 Å². The van der Waals surface area contributed by atoms with Gasteiger partial charge in [-0.2, -0.15) is 18.2 Å². The normalized spacial score (nSPS) is 16.7. The van der Waals surface area contributed by atoms with Crippen LogP contribution in [0.5, 0.6) is 5.75 Å². The third-order valence-electron chi connectivity index (χ3n) is 4.57. The van der Waals surface area contributed by atoms with Gasteiger partial charge in [0, 0.05) is 29.1 Å². The van der Waals surface area contributed by atoms with Gasteiger partial charge in [0.15, 0.2) is 0 Å². The van der Waals surface area contributed by atoms with Gasteiger partial charge in [-0.1, -0.05) is 35.0 Å². The predicted octanol–water partition coefficient (Wildman–Crippen LogP) is 4.70. The molecule has 1 saturated heterocycles. The van der Waals surface area contributed by atoms with Crippen LogP contribution in [-0.4, -0.2) is 40.1 Å². The molecule has 0 radical (unpaired) electrons. The van der Waals surface area contributed by atoms with Crippen LogP contribution in [0.25, 0.3) is 11.4 Å². The van der Waals surface area contributed by atoms with E-state index in [4.69, 9.17) is 16.3 Å². The van der Waals surface area contributed by atoms with Crippen LogP contribution in [0.15, 0.2) is 53.1 Å². The number of likely N-dealkylation sites (tertiary alicyclic amines) is 1. The maximum atomic E-state index is 12.7. The van der Waals surface area contributed by atoms with Crippen LogP contribution >= 0.6 is 11.6 Å². The number of benzene rings is 2. The number of amides is 1. The topological polar surface area (TPSA) is 68.5 Å². The number of ether oxygens (including phenoxy) is 1. The number of carbonyl (C=O) groups excluding carboxylic acids is 1. The third kappa shape index (κ3) is 4.40. The van der Waals surface area contributed by atoms with E-state index in [1.807, 2.05) is 0 Å².